The van der Waals surface area contributed by atoms with Crippen LogP contribution in [0.25, 0.3) is 0 Å². The van der Waals surface area contributed by atoms with Crippen LogP contribution in [0.3, 0.4) is 0 Å². The van der Waals surface area contributed by atoms with Crippen LogP contribution in [-0.4, -0.2) is 22.5 Å². The summed E-state index contributed by atoms with van der Waals surface area (Å²) in [6.07, 6.45) is 2.36. The lowest BCUT2D eigenvalue weighted by atomic mass is 9.93. The number of nitrogens with two attached hydrogens (primary N) is 1. The summed E-state index contributed by atoms with van der Waals surface area (Å²) < 4.78 is 14.3. The lowest BCUT2D eigenvalue weighted by Gasteiger charge is -2.36. The molecule has 1 aromatic carbocycles. The van der Waals surface area contributed by atoms with Crippen LogP contribution in [0.2, 0.25) is 0 Å². The Morgan fingerprint density at radius 3 is 2.84 bits per heavy atom. The summed E-state index contributed by atoms with van der Waals surface area (Å²) in [5.41, 5.74) is 6.58. The van der Waals surface area contributed by atoms with E-state index in [9.17, 15) is 4.39 Å². The lowest BCUT2D eigenvalue weighted by Crippen LogP contribution is -2.39. The predicted molar refractivity (Wildman–Crippen MR) is 80.6 cm³/mol. The number of rotatable bonds is 3. The van der Waals surface area contributed by atoms with E-state index in [0.29, 0.717) is 23.7 Å². The quantitative estimate of drug-likeness (QED) is 0.863. The van der Waals surface area contributed by atoms with E-state index in [1.54, 1.807) is 6.07 Å². The molecule has 19 heavy (non-hydrogen) atoms. The van der Waals surface area contributed by atoms with Crippen molar-refractivity contribution in [1.82, 2.24) is 4.90 Å². The summed E-state index contributed by atoms with van der Waals surface area (Å²) in [5, 5.41) is 0. The Kier molecular flexibility index (Phi) is 4.53. The molecular weight excluding hydrogens is 259 g/mol. The molecule has 1 saturated heterocycles. The molecule has 1 heterocycles. The van der Waals surface area contributed by atoms with Gasteiger partial charge in [0, 0.05) is 23.7 Å². The lowest BCUT2D eigenvalue weighted by molar-refractivity contribution is 0.121. The molecule has 0 spiro atoms. The molecule has 0 radical (unpaired) electrons. The van der Waals surface area contributed by atoms with Crippen LogP contribution in [-0.2, 0) is 6.54 Å². The van der Waals surface area contributed by atoms with E-state index in [4.69, 9.17) is 18.0 Å². The number of hydrogen-bond donors (Lipinski definition) is 1. The predicted octanol–water partition coefficient (Wildman–Crippen LogP) is 3.08. The SMILES string of the molecule is CC1CCN(Cc2cccc(C(N)=S)c2F)C(C)C1. The average molecular weight is 280 g/mol. The maximum absolute atomic E-state index is 14.3. The molecule has 2 rings (SSSR count). The molecule has 104 valence electrons. The highest BCUT2D eigenvalue weighted by Crippen LogP contribution is 2.25. The van der Waals surface area contributed by atoms with E-state index in [1.165, 1.54) is 12.8 Å². The van der Waals surface area contributed by atoms with Crippen molar-refractivity contribution in [3.05, 3.63) is 35.1 Å². The largest absolute Gasteiger partial charge is 0.389 e. The Morgan fingerprint density at radius 1 is 1.47 bits per heavy atom. The van der Waals surface area contributed by atoms with Crippen molar-refractivity contribution >= 4 is 17.2 Å². The van der Waals surface area contributed by atoms with E-state index in [2.05, 4.69) is 18.7 Å². The van der Waals surface area contributed by atoms with Gasteiger partial charge in [0.1, 0.15) is 10.8 Å². The molecule has 2 atom stereocenters. The smallest absolute Gasteiger partial charge is 0.137 e. The molecule has 1 aromatic rings. The van der Waals surface area contributed by atoms with Gasteiger partial charge in [0.05, 0.1) is 0 Å². The number of thiocarbonyl (C=S) groups is 1. The van der Waals surface area contributed by atoms with Gasteiger partial charge in [0.25, 0.3) is 0 Å². The maximum Gasteiger partial charge on any atom is 0.137 e. The first-order valence-electron chi connectivity index (χ1n) is 6.80. The monoisotopic (exact) mass is 280 g/mol. The maximum atomic E-state index is 14.3. The topological polar surface area (TPSA) is 29.3 Å². The second-order valence-corrected chi connectivity index (χ2v) is 6.03. The summed E-state index contributed by atoms with van der Waals surface area (Å²) >= 11 is 4.88. The van der Waals surface area contributed by atoms with Gasteiger partial charge >= 0.3 is 0 Å². The highest BCUT2D eigenvalue weighted by molar-refractivity contribution is 7.80. The van der Waals surface area contributed by atoms with Gasteiger partial charge in [-0.05, 0) is 38.3 Å². The van der Waals surface area contributed by atoms with Crippen LogP contribution in [0.4, 0.5) is 4.39 Å². The third-order valence-corrected chi connectivity index (χ3v) is 4.21. The van der Waals surface area contributed by atoms with Crippen molar-refractivity contribution in [1.29, 1.82) is 0 Å². The Balaban J connectivity index is 2.15. The number of benzene rings is 1. The number of hydrogen-bond acceptors (Lipinski definition) is 2. The molecule has 2 unspecified atom stereocenters. The van der Waals surface area contributed by atoms with Crippen LogP contribution < -0.4 is 5.73 Å². The van der Waals surface area contributed by atoms with Gasteiger partial charge in [-0.15, -0.1) is 0 Å². The Bertz CT molecular complexity index is 475. The van der Waals surface area contributed by atoms with Crippen molar-refractivity contribution in [2.24, 2.45) is 11.7 Å². The molecule has 0 aromatic heterocycles. The fourth-order valence-electron chi connectivity index (χ4n) is 2.80. The summed E-state index contributed by atoms with van der Waals surface area (Å²) in [5.74, 6) is 0.500. The van der Waals surface area contributed by atoms with Crippen LogP contribution in [0, 0.1) is 11.7 Å². The van der Waals surface area contributed by atoms with Crippen LogP contribution in [0.5, 0.6) is 0 Å². The van der Waals surface area contributed by atoms with Crippen molar-refractivity contribution in [2.75, 3.05) is 6.54 Å². The van der Waals surface area contributed by atoms with Gasteiger partial charge in [-0.3, -0.25) is 4.90 Å². The summed E-state index contributed by atoms with van der Waals surface area (Å²) in [4.78, 5) is 2.46. The van der Waals surface area contributed by atoms with Crippen molar-refractivity contribution in [2.45, 2.75) is 39.3 Å². The van der Waals surface area contributed by atoms with Crippen LogP contribution in [0.15, 0.2) is 18.2 Å². The van der Waals surface area contributed by atoms with E-state index < -0.39 is 0 Å². The molecule has 0 saturated carbocycles. The molecule has 0 bridgehead atoms. The number of piperidine rings is 1. The van der Waals surface area contributed by atoms with Crippen molar-refractivity contribution in [3.8, 4) is 0 Å². The summed E-state index contributed by atoms with van der Waals surface area (Å²) in [7, 11) is 0. The summed E-state index contributed by atoms with van der Waals surface area (Å²) in [6, 6.07) is 5.78. The molecular formula is C15H21FN2S. The molecule has 2 N–H and O–H groups in total. The zero-order valence-electron chi connectivity index (χ0n) is 11.5. The second kappa shape index (κ2) is 5.97. The molecule has 0 amide bonds. The minimum atomic E-state index is -0.263. The minimum Gasteiger partial charge on any atom is -0.389 e. The van der Waals surface area contributed by atoms with Crippen molar-refractivity contribution in [3.63, 3.8) is 0 Å². The van der Waals surface area contributed by atoms with E-state index in [1.807, 2.05) is 12.1 Å². The zero-order chi connectivity index (χ0) is 14.0. The fourth-order valence-corrected chi connectivity index (χ4v) is 2.96. The number of nitrogens with zero attached hydrogens (tertiary/aromatic N) is 1. The highest BCUT2D eigenvalue weighted by atomic mass is 32.1. The minimum absolute atomic E-state index is 0.125. The summed E-state index contributed by atoms with van der Waals surface area (Å²) in [6.45, 7) is 6.15. The van der Waals surface area contributed by atoms with E-state index in [-0.39, 0.29) is 10.8 Å². The Hall–Kier alpha value is -1.00. The Morgan fingerprint density at radius 2 is 2.21 bits per heavy atom. The number of likely N-dealkylation sites (tertiary alicyclic amines) is 1. The number of halogens is 1. The van der Waals surface area contributed by atoms with Gasteiger partial charge in [0.2, 0.25) is 0 Å². The normalized spacial score (nSPS) is 24.4. The first-order chi connectivity index (χ1) is 8.99. The van der Waals surface area contributed by atoms with Gasteiger partial charge in [-0.2, -0.15) is 0 Å². The van der Waals surface area contributed by atoms with Gasteiger partial charge in [-0.1, -0.05) is 31.3 Å². The van der Waals surface area contributed by atoms with E-state index >= 15 is 0 Å². The Labute approximate surface area is 119 Å². The zero-order valence-corrected chi connectivity index (χ0v) is 12.3. The van der Waals surface area contributed by atoms with Crippen molar-refractivity contribution < 1.29 is 4.39 Å². The third kappa shape index (κ3) is 3.31. The molecule has 0 aliphatic carbocycles. The van der Waals surface area contributed by atoms with Crippen LogP contribution in [0.1, 0.15) is 37.8 Å². The van der Waals surface area contributed by atoms with Crippen LogP contribution >= 0.6 is 12.2 Å². The highest BCUT2D eigenvalue weighted by Gasteiger charge is 2.24. The van der Waals surface area contributed by atoms with Gasteiger partial charge < -0.3 is 5.73 Å². The first-order valence-corrected chi connectivity index (χ1v) is 7.21. The van der Waals surface area contributed by atoms with Gasteiger partial charge in [-0.25, -0.2) is 4.39 Å². The first kappa shape index (κ1) is 14.4. The fraction of sp³-hybridized carbons (Fsp3) is 0.533. The molecule has 2 nitrogen and oxygen atoms in total. The molecule has 1 aliphatic rings. The average Bonchev–Trinajstić information content (AvgIpc) is 2.34. The van der Waals surface area contributed by atoms with Gasteiger partial charge in [0.15, 0.2) is 0 Å². The third-order valence-electron chi connectivity index (χ3n) is 3.99. The molecule has 1 fully saturated rings. The molecule has 4 heteroatoms. The second-order valence-electron chi connectivity index (χ2n) is 5.59. The van der Waals surface area contributed by atoms with E-state index in [0.717, 1.165) is 12.5 Å². The standard InChI is InChI=1S/C15H21FN2S/c1-10-6-7-18(11(2)8-10)9-12-4-3-5-13(14(12)16)15(17)19/h3-5,10-11H,6-9H2,1-2H3,(H2,17,19). The molecule has 1 aliphatic heterocycles.